The number of hydrogen-bond acceptors (Lipinski definition) is 3. The molecule has 280 valence electrons. The molecule has 0 spiro atoms. The third kappa shape index (κ3) is 5.53. The first-order valence-corrected chi connectivity index (χ1v) is 20.1. The predicted octanol–water partition coefficient (Wildman–Crippen LogP) is 14.7. The average Bonchev–Trinajstić information content (AvgIpc) is 3.57. The van der Waals surface area contributed by atoms with E-state index in [2.05, 4.69) is 200 Å². The first-order valence-electron chi connectivity index (χ1n) is 20.1. The van der Waals surface area contributed by atoms with Gasteiger partial charge in [-0.3, -0.25) is 0 Å². The van der Waals surface area contributed by atoms with Crippen LogP contribution in [0.2, 0.25) is 0 Å². The number of fused-ring (bicyclic) bond motifs is 7. The van der Waals surface area contributed by atoms with Gasteiger partial charge in [-0.1, -0.05) is 93.9 Å². The summed E-state index contributed by atoms with van der Waals surface area (Å²) in [5.74, 6) is 0. The van der Waals surface area contributed by atoms with Gasteiger partial charge in [-0.25, -0.2) is 0 Å². The van der Waals surface area contributed by atoms with Crippen LogP contribution in [0.1, 0.15) is 83.3 Å². The van der Waals surface area contributed by atoms with E-state index in [1.54, 1.807) is 0 Å². The molecule has 2 aliphatic rings. The number of rotatable bonds is 6. The monoisotopic (exact) mass is 739 g/mol. The number of nitriles is 1. The largest absolute Gasteiger partial charge is 0.310 e. The summed E-state index contributed by atoms with van der Waals surface area (Å²) < 4.78 is 0. The van der Waals surface area contributed by atoms with Gasteiger partial charge in [0.2, 0.25) is 0 Å². The Kier molecular flexibility index (Phi) is 8.34. The van der Waals surface area contributed by atoms with Crippen LogP contribution in [0.25, 0.3) is 22.3 Å². The molecule has 0 saturated carbocycles. The van der Waals surface area contributed by atoms with Crippen LogP contribution in [-0.4, -0.2) is 0 Å². The van der Waals surface area contributed by atoms with Crippen LogP contribution in [0, 0.1) is 45.9 Å². The highest BCUT2D eigenvalue weighted by atomic mass is 15.1. The Morgan fingerprint density at radius 2 is 0.842 bits per heavy atom. The summed E-state index contributed by atoms with van der Waals surface area (Å²) in [4.78, 5) is 4.79. The van der Waals surface area contributed by atoms with Crippen LogP contribution in [-0.2, 0) is 10.8 Å². The van der Waals surface area contributed by atoms with Crippen molar-refractivity contribution in [2.24, 2.45) is 0 Å². The van der Waals surface area contributed by atoms with Crippen molar-refractivity contribution >= 4 is 34.1 Å². The number of aryl methyl sites for hydroxylation is 5. The maximum atomic E-state index is 9.59. The van der Waals surface area contributed by atoms with Crippen LogP contribution in [0.4, 0.5) is 34.1 Å². The lowest BCUT2D eigenvalue weighted by atomic mass is 9.72. The van der Waals surface area contributed by atoms with Gasteiger partial charge in [0.05, 0.1) is 11.6 Å². The van der Waals surface area contributed by atoms with E-state index >= 15 is 0 Å². The molecule has 0 bridgehead atoms. The molecule has 0 saturated heterocycles. The van der Waals surface area contributed by atoms with E-state index in [9.17, 15) is 5.26 Å². The quantitative estimate of drug-likeness (QED) is 0.170. The predicted molar refractivity (Wildman–Crippen MR) is 239 cm³/mol. The van der Waals surface area contributed by atoms with Gasteiger partial charge in [0.25, 0.3) is 0 Å². The summed E-state index contributed by atoms with van der Waals surface area (Å²) >= 11 is 0. The van der Waals surface area contributed by atoms with E-state index < -0.39 is 0 Å². The molecule has 9 rings (SSSR count). The van der Waals surface area contributed by atoms with Gasteiger partial charge in [-0.15, -0.1) is 0 Å². The minimum atomic E-state index is -0.260. The molecular formula is C54H49N3. The molecule has 0 amide bonds. The van der Waals surface area contributed by atoms with Gasteiger partial charge in [0.15, 0.2) is 0 Å². The van der Waals surface area contributed by atoms with Crippen molar-refractivity contribution in [3.05, 3.63) is 189 Å². The maximum Gasteiger partial charge on any atom is 0.0991 e. The van der Waals surface area contributed by atoms with E-state index in [-0.39, 0.29) is 10.8 Å². The Labute approximate surface area is 338 Å². The van der Waals surface area contributed by atoms with Gasteiger partial charge < -0.3 is 9.80 Å². The summed E-state index contributed by atoms with van der Waals surface area (Å²) in [5.41, 5.74) is 24.2. The lowest BCUT2D eigenvalue weighted by Crippen LogP contribution is -2.24. The molecule has 3 heteroatoms. The van der Waals surface area contributed by atoms with Crippen LogP contribution in [0.3, 0.4) is 0 Å². The second kappa shape index (κ2) is 13.1. The van der Waals surface area contributed by atoms with E-state index in [4.69, 9.17) is 0 Å². The van der Waals surface area contributed by atoms with E-state index in [1.165, 1.54) is 83.7 Å². The van der Waals surface area contributed by atoms with Crippen molar-refractivity contribution < 1.29 is 0 Å². The minimum absolute atomic E-state index is 0.243. The van der Waals surface area contributed by atoms with Gasteiger partial charge in [-0.05, 0) is 174 Å². The van der Waals surface area contributed by atoms with Gasteiger partial charge in [-0.2, -0.15) is 5.26 Å². The molecule has 7 aromatic rings. The van der Waals surface area contributed by atoms with Gasteiger partial charge in [0, 0.05) is 45.0 Å². The van der Waals surface area contributed by atoms with Crippen molar-refractivity contribution in [3.8, 4) is 28.3 Å². The summed E-state index contributed by atoms with van der Waals surface area (Å²) in [6.45, 7) is 20.8. The van der Waals surface area contributed by atoms with Crippen LogP contribution < -0.4 is 9.80 Å². The van der Waals surface area contributed by atoms with Gasteiger partial charge in [0.1, 0.15) is 0 Å². The standard InChI is InChI=1S/C54H49N3/c1-33-18-22-39(23-19-33)56(47-16-12-10-14-34(47)2)41-28-36(4)49-43-26-27-44-50-37(5)29-42(31-46(50)54(8,9)52(44)51(43)53(6,7)45(49)30-41)57(48-17-13-11-15-35(48)3)40-24-20-38(32-55)21-25-40/h10-31H,1-9H3. The second-order valence-electron chi connectivity index (χ2n) is 17.3. The van der Waals surface area contributed by atoms with Gasteiger partial charge >= 0.3 is 0 Å². The zero-order chi connectivity index (χ0) is 40.0. The Bertz CT molecular complexity index is 2790. The molecule has 0 unspecified atom stereocenters. The van der Waals surface area contributed by atoms with Crippen molar-refractivity contribution in [2.75, 3.05) is 9.80 Å². The molecule has 0 radical (unpaired) electrons. The number of hydrogen-bond donors (Lipinski definition) is 0. The fourth-order valence-corrected chi connectivity index (χ4v) is 9.94. The molecule has 0 aromatic heterocycles. The van der Waals surface area contributed by atoms with Crippen molar-refractivity contribution in [2.45, 2.75) is 73.1 Å². The highest BCUT2D eigenvalue weighted by molar-refractivity contribution is 5.96. The highest BCUT2D eigenvalue weighted by Crippen LogP contribution is 2.61. The molecule has 0 aliphatic heterocycles. The Balaban J connectivity index is 1.20. The zero-order valence-electron chi connectivity index (χ0n) is 34.5. The number of para-hydroxylation sites is 2. The molecule has 7 aromatic carbocycles. The molecule has 57 heavy (non-hydrogen) atoms. The van der Waals surface area contributed by atoms with Crippen molar-refractivity contribution in [3.63, 3.8) is 0 Å². The Morgan fingerprint density at radius 3 is 1.25 bits per heavy atom. The summed E-state index contributed by atoms with van der Waals surface area (Å²) in [6, 6.07) is 50.9. The maximum absolute atomic E-state index is 9.59. The molecular weight excluding hydrogens is 691 g/mol. The van der Waals surface area contributed by atoms with E-state index in [1.807, 2.05) is 12.1 Å². The summed E-state index contributed by atoms with van der Waals surface area (Å²) in [5, 5.41) is 9.59. The molecule has 0 atom stereocenters. The Hall–Kier alpha value is -6.37. The molecule has 0 N–H and O–H groups in total. The van der Waals surface area contributed by atoms with E-state index in [0.717, 1.165) is 22.7 Å². The fourth-order valence-electron chi connectivity index (χ4n) is 9.94. The number of benzene rings is 7. The third-order valence-electron chi connectivity index (χ3n) is 12.8. The number of anilines is 6. The van der Waals surface area contributed by atoms with Crippen LogP contribution in [0.15, 0.2) is 133 Å². The molecule has 3 nitrogen and oxygen atoms in total. The number of nitrogens with zero attached hydrogens (tertiary/aromatic N) is 3. The first-order chi connectivity index (χ1) is 27.3. The summed E-state index contributed by atoms with van der Waals surface area (Å²) in [6.07, 6.45) is 0. The lowest BCUT2D eigenvalue weighted by molar-refractivity contribution is 0.601. The Morgan fingerprint density at radius 1 is 0.439 bits per heavy atom. The second-order valence-corrected chi connectivity index (χ2v) is 17.3. The summed E-state index contributed by atoms with van der Waals surface area (Å²) in [7, 11) is 0. The van der Waals surface area contributed by atoms with Crippen molar-refractivity contribution in [1.29, 1.82) is 5.26 Å². The molecule has 2 aliphatic carbocycles. The third-order valence-corrected chi connectivity index (χ3v) is 12.8. The minimum Gasteiger partial charge on any atom is -0.310 e. The highest BCUT2D eigenvalue weighted by Gasteiger charge is 2.47. The van der Waals surface area contributed by atoms with Crippen LogP contribution in [0.5, 0.6) is 0 Å². The lowest BCUT2D eigenvalue weighted by Gasteiger charge is -2.32. The SMILES string of the molecule is Cc1ccc(N(c2cc(C)c3c(c2)C(C)(C)c2c-3ccc3c2C(C)(C)c2cc(N(c4ccc(C#N)cc4)c4ccccc4C)cc(C)c2-3)c2ccccc2C)cc1. The first kappa shape index (κ1) is 36.3. The molecule has 0 fully saturated rings. The smallest absolute Gasteiger partial charge is 0.0991 e. The average molecular weight is 740 g/mol. The van der Waals surface area contributed by atoms with Crippen LogP contribution >= 0.6 is 0 Å². The topological polar surface area (TPSA) is 30.3 Å². The zero-order valence-corrected chi connectivity index (χ0v) is 34.5. The fraction of sp³-hybridized carbons (Fsp3) is 0.204. The van der Waals surface area contributed by atoms with E-state index in [0.29, 0.717) is 5.56 Å². The van der Waals surface area contributed by atoms with Crippen molar-refractivity contribution in [1.82, 2.24) is 0 Å². The normalized spacial score (nSPS) is 14.0. The molecule has 0 heterocycles.